The molecule has 4 nitrogen and oxygen atoms in total. The molecule has 0 aromatic heterocycles. The van der Waals surface area contributed by atoms with Gasteiger partial charge < -0.3 is 14.6 Å². The smallest absolute Gasteiger partial charge is 0.310 e. The highest BCUT2D eigenvalue weighted by molar-refractivity contribution is 5.75. The molecule has 7 atom stereocenters. The van der Waals surface area contributed by atoms with Gasteiger partial charge in [-0.25, -0.2) is 0 Å². The summed E-state index contributed by atoms with van der Waals surface area (Å²) in [6, 6.07) is 0. The second kappa shape index (κ2) is 3.95. The van der Waals surface area contributed by atoms with Gasteiger partial charge in [-0.15, -0.1) is 0 Å². The fourth-order valence-electron chi connectivity index (χ4n) is 4.56. The van der Waals surface area contributed by atoms with E-state index < -0.39 is 11.4 Å². The lowest BCUT2D eigenvalue weighted by Crippen LogP contribution is -2.44. The standard InChI is InChI=1S/C15H22O4/c1-8-4-11-13(19-11)7-15(8,14(16)17)6-9-2-3-10-12(5-9)18-10/h8-13H,2-7H2,1H3,(H,16,17). The molecular formula is C15H22O4. The SMILES string of the molecule is CC1CC2OC2CC1(CC1CCC2OC2C1)C(=O)O. The fraction of sp³-hybridized carbons (Fsp3) is 0.933. The van der Waals surface area contributed by atoms with Crippen LogP contribution in [0.5, 0.6) is 0 Å². The summed E-state index contributed by atoms with van der Waals surface area (Å²) >= 11 is 0. The van der Waals surface area contributed by atoms with E-state index in [4.69, 9.17) is 9.47 Å². The second-order valence-corrected chi connectivity index (χ2v) is 7.11. The summed E-state index contributed by atoms with van der Waals surface area (Å²) in [7, 11) is 0. The molecule has 19 heavy (non-hydrogen) atoms. The highest BCUT2D eigenvalue weighted by Crippen LogP contribution is 2.55. The van der Waals surface area contributed by atoms with Gasteiger partial charge >= 0.3 is 5.97 Å². The van der Waals surface area contributed by atoms with Crippen molar-refractivity contribution in [2.24, 2.45) is 17.3 Å². The van der Waals surface area contributed by atoms with Crippen LogP contribution in [0.2, 0.25) is 0 Å². The van der Waals surface area contributed by atoms with Crippen molar-refractivity contribution in [3.8, 4) is 0 Å². The molecule has 2 saturated heterocycles. The normalized spacial score (nSPS) is 55.0. The molecular weight excluding hydrogens is 244 g/mol. The van der Waals surface area contributed by atoms with Gasteiger partial charge in [-0.05, 0) is 50.4 Å². The first-order valence-corrected chi connectivity index (χ1v) is 7.63. The van der Waals surface area contributed by atoms with Crippen molar-refractivity contribution in [3.05, 3.63) is 0 Å². The number of fused-ring (bicyclic) bond motifs is 2. The molecule has 0 aromatic carbocycles. The van der Waals surface area contributed by atoms with E-state index in [2.05, 4.69) is 6.92 Å². The Balaban J connectivity index is 1.51. The van der Waals surface area contributed by atoms with Crippen LogP contribution in [0.25, 0.3) is 0 Å². The summed E-state index contributed by atoms with van der Waals surface area (Å²) in [6.07, 6.45) is 7.31. The van der Waals surface area contributed by atoms with Gasteiger partial charge in [0.2, 0.25) is 0 Å². The molecule has 0 bridgehead atoms. The first-order valence-electron chi connectivity index (χ1n) is 7.63. The van der Waals surface area contributed by atoms with Gasteiger partial charge in [0.15, 0.2) is 0 Å². The number of epoxide rings is 2. The van der Waals surface area contributed by atoms with Crippen molar-refractivity contribution in [1.29, 1.82) is 0 Å². The lowest BCUT2D eigenvalue weighted by atomic mass is 9.61. The van der Waals surface area contributed by atoms with E-state index in [1.165, 1.54) is 0 Å². The van der Waals surface area contributed by atoms with Crippen molar-refractivity contribution in [2.75, 3.05) is 0 Å². The number of carboxylic acid groups (broad SMARTS) is 1. The van der Waals surface area contributed by atoms with Gasteiger partial charge in [-0.2, -0.15) is 0 Å². The van der Waals surface area contributed by atoms with Crippen molar-refractivity contribution in [2.45, 2.75) is 69.9 Å². The minimum absolute atomic E-state index is 0.223. The number of ether oxygens (including phenoxy) is 2. The lowest BCUT2D eigenvalue weighted by Gasteiger charge is -2.40. The van der Waals surface area contributed by atoms with Crippen molar-refractivity contribution >= 4 is 5.97 Å². The Kier molecular flexibility index (Phi) is 2.53. The lowest BCUT2D eigenvalue weighted by molar-refractivity contribution is -0.156. The fourth-order valence-corrected chi connectivity index (χ4v) is 4.56. The molecule has 2 saturated carbocycles. The average molecular weight is 266 g/mol. The Labute approximate surface area is 113 Å². The van der Waals surface area contributed by atoms with Gasteiger partial charge in [-0.1, -0.05) is 6.92 Å². The average Bonchev–Trinajstić information content (AvgIpc) is 3.23. The molecule has 0 radical (unpaired) electrons. The Morgan fingerprint density at radius 1 is 1.16 bits per heavy atom. The third-order valence-corrected chi connectivity index (χ3v) is 5.97. The molecule has 0 spiro atoms. The largest absolute Gasteiger partial charge is 0.481 e. The zero-order valence-electron chi connectivity index (χ0n) is 11.4. The van der Waals surface area contributed by atoms with Crippen LogP contribution in [0.1, 0.15) is 45.4 Å². The van der Waals surface area contributed by atoms with Crippen LogP contribution in [0.4, 0.5) is 0 Å². The van der Waals surface area contributed by atoms with Gasteiger partial charge in [-0.3, -0.25) is 4.79 Å². The predicted octanol–water partition coefficient (Wildman–Crippen LogP) is 2.21. The zero-order valence-corrected chi connectivity index (χ0v) is 11.4. The number of carboxylic acids is 1. The van der Waals surface area contributed by atoms with E-state index in [-0.39, 0.29) is 12.0 Å². The third-order valence-electron chi connectivity index (χ3n) is 5.97. The number of rotatable bonds is 3. The van der Waals surface area contributed by atoms with Crippen LogP contribution in [0, 0.1) is 17.3 Å². The van der Waals surface area contributed by atoms with Crippen LogP contribution in [-0.2, 0) is 14.3 Å². The minimum atomic E-state index is -0.604. The Morgan fingerprint density at radius 2 is 1.89 bits per heavy atom. The molecule has 4 rings (SSSR count). The van der Waals surface area contributed by atoms with E-state index in [1.807, 2.05) is 0 Å². The van der Waals surface area contributed by atoms with E-state index in [0.29, 0.717) is 24.2 Å². The summed E-state index contributed by atoms with van der Waals surface area (Å²) in [4.78, 5) is 11.9. The molecule has 0 amide bonds. The summed E-state index contributed by atoms with van der Waals surface area (Å²) in [5.41, 5.74) is -0.552. The van der Waals surface area contributed by atoms with Gasteiger partial charge in [0.25, 0.3) is 0 Å². The highest BCUT2D eigenvalue weighted by Gasteiger charge is 2.59. The number of carbonyl (C=O) groups is 1. The molecule has 4 heteroatoms. The first-order chi connectivity index (χ1) is 9.08. The third kappa shape index (κ3) is 1.91. The molecule has 106 valence electrons. The van der Waals surface area contributed by atoms with Crippen LogP contribution in [0.3, 0.4) is 0 Å². The minimum Gasteiger partial charge on any atom is -0.481 e. The van der Waals surface area contributed by atoms with Crippen LogP contribution < -0.4 is 0 Å². The Bertz CT molecular complexity index is 409. The summed E-state index contributed by atoms with van der Waals surface area (Å²) in [6.45, 7) is 2.10. The molecule has 2 heterocycles. The van der Waals surface area contributed by atoms with E-state index in [9.17, 15) is 9.90 Å². The number of hydrogen-bond acceptors (Lipinski definition) is 3. The van der Waals surface area contributed by atoms with E-state index in [0.717, 1.165) is 38.5 Å². The van der Waals surface area contributed by atoms with Crippen molar-refractivity contribution in [3.63, 3.8) is 0 Å². The molecule has 2 aliphatic carbocycles. The maximum Gasteiger partial charge on any atom is 0.310 e. The molecule has 4 aliphatic rings. The quantitative estimate of drug-likeness (QED) is 0.796. The summed E-state index contributed by atoms with van der Waals surface area (Å²) in [5, 5.41) is 9.82. The monoisotopic (exact) mass is 266 g/mol. The molecule has 1 N–H and O–H groups in total. The molecule has 0 aromatic rings. The van der Waals surface area contributed by atoms with Gasteiger partial charge in [0.1, 0.15) is 0 Å². The van der Waals surface area contributed by atoms with Crippen molar-refractivity contribution < 1.29 is 19.4 Å². The van der Waals surface area contributed by atoms with E-state index in [1.54, 1.807) is 0 Å². The Morgan fingerprint density at radius 3 is 2.63 bits per heavy atom. The highest BCUT2D eigenvalue weighted by atomic mass is 16.6. The summed E-state index contributed by atoms with van der Waals surface area (Å²) < 4.78 is 11.2. The van der Waals surface area contributed by atoms with E-state index >= 15 is 0 Å². The predicted molar refractivity (Wildman–Crippen MR) is 67.7 cm³/mol. The van der Waals surface area contributed by atoms with Gasteiger partial charge in [0, 0.05) is 0 Å². The van der Waals surface area contributed by atoms with Crippen LogP contribution in [0.15, 0.2) is 0 Å². The summed E-state index contributed by atoms with van der Waals surface area (Å²) in [5.74, 6) is 0.150. The second-order valence-electron chi connectivity index (χ2n) is 7.11. The zero-order chi connectivity index (χ0) is 13.2. The van der Waals surface area contributed by atoms with Crippen molar-refractivity contribution in [1.82, 2.24) is 0 Å². The van der Waals surface area contributed by atoms with Gasteiger partial charge in [0.05, 0.1) is 29.8 Å². The molecule has 4 fully saturated rings. The molecule has 2 aliphatic heterocycles. The maximum atomic E-state index is 11.9. The Hall–Kier alpha value is -0.610. The van der Waals surface area contributed by atoms with Crippen LogP contribution >= 0.6 is 0 Å². The maximum absolute atomic E-state index is 11.9. The topological polar surface area (TPSA) is 62.4 Å². The molecule has 7 unspecified atom stereocenters. The number of hydrogen-bond donors (Lipinski definition) is 1. The van der Waals surface area contributed by atoms with Crippen LogP contribution in [-0.4, -0.2) is 35.5 Å². The number of aliphatic carboxylic acids is 1. The first kappa shape index (κ1) is 12.2.